The second kappa shape index (κ2) is 23.3. The van der Waals surface area contributed by atoms with Crippen LogP contribution in [0.2, 0.25) is 0 Å². The number of rotatable bonds is 27. The number of ether oxygens (including phenoxy) is 1. The summed E-state index contributed by atoms with van der Waals surface area (Å²) in [5.74, 6) is -1.33. The third-order valence-electron chi connectivity index (χ3n) is 8.78. The second-order valence-corrected chi connectivity index (χ2v) is 19.5. The Bertz CT molecular complexity index is 1890. The number of phosphoric acid groups is 3. The monoisotopic (exact) mass is 933 g/mol. The molecule has 3 rings (SSSR count). The Balaban J connectivity index is 1.42. The molecule has 1 saturated heterocycles. The molecule has 7 N–H and O–H groups in total. The van der Waals surface area contributed by atoms with Crippen LogP contribution in [0.3, 0.4) is 0 Å². The molecule has 342 valence electrons. The number of imidazole rings is 1. The van der Waals surface area contributed by atoms with E-state index in [4.69, 9.17) is 10.5 Å². The number of anilines is 1. The second-order valence-electron chi connectivity index (χ2n) is 14.3. The topological polar surface area (TPSA) is 395 Å². The molecule has 0 spiro atoms. The number of aromatic nitrogens is 4. The van der Waals surface area contributed by atoms with Gasteiger partial charge in [-0.1, -0.05) is 64.6 Å². The number of phosphoric ester groups is 3. The highest BCUT2D eigenvalue weighted by Crippen LogP contribution is 2.56. The Morgan fingerprint density at radius 3 is 2.38 bits per heavy atom. The van der Waals surface area contributed by atoms with E-state index in [0.29, 0.717) is 6.42 Å². The van der Waals surface area contributed by atoms with E-state index in [-0.39, 0.29) is 53.8 Å². The number of amides is 2. The van der Waals surface area contributed by atoms with Crippen molar-refractivity contribution in [3.63, 3.8) is 0 Å². The Kier molecular flexibility index (Phi) is 20.1. The fourth-order valence-corrected chi connectivity index (χ4v) is 9.09. The average Bonchev–Trinajstić information content (AvgIpc) is 3.71. The number of nitrogen functional groups attached to an aromatic ring is 1. The van der Waals surface area contributed by atoms with Gasteiger partial charge in [-0.2, -0.15) is 0 Å². The first-order valence-corrected chi connectivity index (χ1v) is 24.0. The van der Waals surface area contributed by atoms with Crippen LogP contribution in [-0.4, -0.2) is 114 Å². The lowest BCUT2D eigenvalue weighted by Gasteiger charge is -2.36. The summed E-state index contributed by atoms with van der Waals surface area (Å²) in [6, 6.07) is 0. The maximum Gasteiger partial charge on any atom is 0.274 e. The van der Waals surface area contributed by atoms with Crippen molar-refractivity contribution in [1.29, 1.82) is 0 Å². The van der Waals surface area contributed by atoms with E-state index in [2.05, 4.69) is 50.4 Å². The van der Waals surface area contributed by atoms with E-state index in [1.165, 1.54) is 13.8 Å². The van der Waals surface area contributed by atoms with Gasteiger partial charge in [-0.15, -0.1) is 0 Å². The smallest absolute Gasteiger partial charge is 0.274 e. The summed E-state index contributed by atoms with van der Waals surface area (Å²) in [6.07, 6.45) is -2.65. The summed E-state index contributed by atoms with van der Waals surface area (Å²) in [6.45, 7) is 2.10. The molecule has 29 heteroatoms. The van der Waals surface area contributed by atoms with Crippen molar-refractivity contribution in [3.05, 3.63) is 12.7 Å². The molecule has 0 aliphatic carbocycles. The number of carbonyl (C=O) groups is 3. The van der Waals surface area contributed by atoms with Crippen LogP contribution in [0.25, 0.3) is 11.2 Å². The molecule has 0 bridgehead atoms. The standard InChI is InChI=1S/C31H54N7O18P3S/c1-4-5-6-7-8-9-19(39)14-22(41)60-13-12-33-21(40)10-11-34-29(44)26(43)31(2,3)16-53-59(50,51)56-58(48,49)52-15-20-25(55-57(45,46)47)24(42)30(54-20)38-18-37-23-27(32)35-17-36-28(23)38/h17-20,24-26,30,39,42-43H,4-16H2,1-3H3,(H,33,40)(H,34,44)(H,48,49)(H,50,51)(H2,32,35,36)(H2,45,46,47)/p-4/t19-,20-,24-,25-,26+,30-/m1/s1. The maximum absolute atomic E-state index is 12.6. The highest BCUT2D eigenvalue weighted by atomic mass is 32.2. The molecule has 2 aromatic rings. The molecule has 2 amide bonds. The van der Waals surface area contributed by atoms with Gasteiger partial charge >= 0.3 is 0 Å². The number of hydrogen-bond donors (Lipinski definition) is 6. The van der Waals surface area contributed by atoms with Gasteiger partial charge in [0, 0.05) is 37.1 Å². The minimum absolute atomic E-state index is 0.0127. The van der Waals surface area contributed by atoms with Gasteiger partial charge in [0.25, 0.3) is 15.6 Å². The zero-order valence-electron chi connectivity index (χ0n) is 32.9. The van der Waals surface area contributed by atoms with E-state index in [1.54, 1.807) is 0 Å². The van der Waals surface area contributed by atoms with Crippen LogP contribution in [0.4, 0.5) is 5.82 Å². The number of thioether (sulfide) groups is 1. The number of hydrogen-bond acceptors (Lipinski definition) is 23. The molecular formula is C31H50N7O18P3S-4. The molecule has 0 aromatic carbocycles. The van der Waals surface area contributed by atoms with Crippen LogP contribution < -0.4 is 35.9 Å². The normalized spacial score (nSPS) is 21.6. The van der Waals surface area contributed by atoms with Crippen LogP contribution in [0.1, 0.15) is 78.4 Å². The van der Waals surface area contributed by atoms with Crippen molar-refractivity contribution in [2.45, 2.75) is 109 Å². The predicted molar refractivity (Wildman–Crippen MR) is 202 cm³/mol. The molecule has 1 aliphatic rings. The molecular weight excluding hydrogens is 883 g/mol. The fraction of sp³-hybridized carbons (Fsp3) is 0.742. The number of aliphatic hydroxyl groups is 3. The predicted octanol–water partition coefficient (Wildman–Crippen LogP) is -1.75. The number of fused-ring (bicyclic) bond motifs is 1. The van der Waals surface area contributed by atoms with Crippen LogP contribution in [0.5, 0.6) is 0 Å². The number of nitrogens with one attached hydrogen (secondary N) is 2. The van der Waals surface area contributed by atoms with Gasteiger partial charge in [-0.25, -0.2) is 19.3 Å². The van der Waals surface area contributed by atoms with Gasteiger partial charge in [0.1, 0.15) is 36.3 Å². The third-order valence-corrected chi connectivity index (χ3v) is 12.7. The van der Waals surface area contributed by atoms with Gasteiger partial charge in [-0.3, -0.25) is 28.1 Å². The van der Waals surface area contributed by atoms with E-state index in [9.17, 15) is 63.0 Å². The zero-order valence-corrected chi connectivity index (χ0v) is 36.4. The van der Waals surface area contributed by atoms with Crippen molar-refractivity contribution >= 4 is 69.1 Å². The highest BCUT2D eigenvalue weighted by Gasteiger charge is 2.47. The van der Waals surface area contributed by atoms with Gasteiger partial charge in [0.2, 0.25) is 11.8 Å². The number of aliphatic hydroxyl groups excluding tert-OH is 3. The van der Waals surface area contributed by atoms with Crippen molar-refractivity contribution in [2.75, 3.05) is 37.8 Å². The van der Waals surface area contributed by atoms with E-state index < -0.39 is 90.7 Å². The Morgan fingerprint density at radius 1 is 1.02 bits per heavy atom. The largest absolute Gasteiger partial charge is 0.790 e. The lowest BCUT2D eigenvalue weighted by molar-refractivity contribution is -0.347. The van der Waals surface area contributed by atoms with Crippen LogP contribution >= 0.6 is 35.2 Å². The highest BCUT2D eigenvalue weighted by molar-refractivity contribution is 8.13. The van der Waals surface area contributed by atoms with Crippen molar-refractivity contribution in [1.82, 2.24) is 30.2 Å². The first-order chi connectivity index (χ1) is 27.9. The molecule has 1 aliphatic heterocycles. The number of nitrogens with zero attached hydrogens (tertiary/aromatic N) is 4. The number of unbranched alkanes of at least 4 members (excludes halogenated alkanes) is 4. The van der Waals surface area contributed by atoms with E-state index >= 15 is 0 Å². The van der Waals surface area contributed by atoms with Crippen LogP contribution in [0, 0.1) is 5.41 Å². The van der Waals surface area contributed by atoms with Crippen LogP contribution in [0.15, 0.2) is 12.7 Å². The van der Waals surface area contributed by atoms with Gasteiger partial charge < -0.3 is 74.1 Å². The summed E-state index contributed by atoms with van der Waals surface area (Å²) >= 11 is 0.974. The molecule has 0 radical (unpaired) electrons. The average molecular weight is 934 g/mol. The summed E-state index contributed by atoms with van der Waals surface area (Å²) in [7, 11) is -17.6. The molecule has 2 unspecified atom stereocenters. The van der Waals surface area contributed by atoms with E-state index in [1.807, 2.05) is 0 Å². The summed E-state index contributed by atoms with van der Waals surface area (Å²) in [5.41, 5.74) is 4.05. The van der Waals surface area contributed by atoms with Gasteiger partial charge in [0.15, 0.2) is 22.8 Å². The fourth-order valence-electron chi connectivity index (χ4n) is 5.61. The molecule has 8 atom stereocenters. The molecule has 2 aromatic heterocycles. The first-order valence-electron chi connectivity index (χ1n) is 18.6. The lowest BCUT2D eigenvalue weighted by atomic mass is 9.87. The first kappa shape index (κ1) is 51.9. The minimum atomic E-state index is -5.92. The van der Waals surface area contributed by atoms with E-state index in [0.717, 1.165) is 61.1 Å². The SMILES string of the molecule is CCCCCCC[C@@H](O)CC(=O)SCCNC(=O)CCNC(=O)[C@H](O)C(C)(C)COP(=O)([O-])OP(=O)([O-])OC[C@H]1O[C@@H](n2cnc3c(N)ncnc32)[C@H](O)[C@@H]1OP(=O)([O-])[O-]. The van der Waals surface area contributed by atoms with Crippen molar-refractivity contribution in [3.8, 4) is 0 Å². The van der Waals surface area contributed by atoms with Crippen molar-refractivity contribution < 1.29 is 85.6 Å². The third kappa shape index (κ3) is 17.0. The number of carbonyl (C=O) groups excluding carboxylic acids is 3. The molecule has 25 nitrogen and oxygen atoms in total. The maximum atomic E-state index is 12.6. The number of nitrogens with two attached hydrogens (primary N) is 1. The Hall–Kier alpha value is -2.48. The van der Waals surface area contributed by atoms with Crippen molar-refractivity contribution in [2.24, 2.45) is 5.41 Å². The Morgan fingerprint density at radius 2 is 1.70 bits per heavy atom. The lowest BCUT2D eigenvalue weighted by Crippen LogP contribution is -2.46. The Labute approximate surface area is 348 Å². The summed E-state index contributed by atoms with van der Waals surface area (Å²) in [5, 5.41) is 36.1. The summed E-state index contributed by atoms with van der Waals surface area (Å²) in [4.78, 5) is 96.3. The summed E-state index contributed by atoms with van der Waals surface area (Å²) < 4.78 is 60.6. The molecule has 60 heavy (non-hydrogen) atoms. The zero-order chi connectivity index (χ0) is 44.9. The van der Waals surface area contributed by atoms with Crippen LogP contribution in [-0.2, 0) is 50.7 Å². The van der Waals surface area contributed by atoms with Gasteiger partial charge in [-0.05, 0) is 6.42 Å². The molecule has 1 fully saturated rings. The molecule has 0 saturated carbocycles. The van der Waals surface area contributed by atoms with Gasteiger partial charge in [0.05, 0.1) is 33.5 Å². The quantitative estimate of drug-likeness (QED) is 0.0427. The minimum Gasteiger partial charge on any atom is -0.790 e. The molecule has 3 heterocycles.